The number of nitrogens with one attached hydrogen (secondary N) is 1. The first-order valence-electron chi connectivity index (χ1n) is 6.67. The fraction of sp³-hybridized carbons (Fsp3) is 0.500. The van der Waals surface area contributed by atoms with E-state index >= 15 is 0 Å². The van der Waals surface area contributed by atoms with Crippen LogP contribution >= 0.6 is 11.8 Å². The Morgan fingerprint density at radius 2 is 2.26 bits per heavy atom. The van der Waals surface area contributed by atoms with Crippen LogP contribution in [0.3, 0.4) is 0 Å². The highest BCUT2D eigenvalue weighted by atomic mass is 32.2. The molecule has 1 fully saturated rings. The van der Waals surface area contributed by atoms with Crippen LogP contribution in [0, 0.1) is 0 Å². The normalized spacial score (nSPS) is 23.4. The van der Waals surface area contributed by atoms with Crippen LogP contribution in [0.5, 0.6) is 11.5 Å². The third kappa shape index (κ3) is 2.97. The lowest BCUT2D eigenvalue weighted by Gasteiger charge is -2.24. The molecule has 2 aliphatic rings. The summed E-state index contributed by atoms with van der Waals surface area (Å²) >= 11 is 1.81. The van der Waals surface area contributed by atoms with Crippen molar-refractivity contribution in [3.63, 3.8) is 0 Å². The average Bonchev–Trinajstić information content (AvgIpc) is 2.93. The van der Waals surface area contributed by atoms with Crippen molar-refractivity contribution in [3.05, 3.63) is 23.8 Å². The first kappa shape index (κ1) is 12.7. The Balaban J connectivity index is 1.65. The number of thioether (sulfide) groups is 1. The van der Waals surface area contributed by atoms with E-state index in [-0.39, 0.29) is 0 Å². The minimum absolute atomic E-state index is 0.322. The molecule has 1 atom stereocenters. The predicted octanol–water partition coefficient (Wildman–Crippen LogP) is 2.78. The maximum atomic E-state index is 5.37. The topological polar surface area (TPSA) is 42.9 Å². The zero-order valence-corrected chi connectivity index (χ0v) is 11.8. The number of nitrogens with zero attached hydrogens (tertiary/aromatic N) is 1. The van der Waals surface area contributed by atoms with Crippen molar-refractivity contribution >= 4 is 16.9 Å². The largest absolute Gasteiger partial charge is 0.454 e. The molecule has 2 heterocycles. The third-order valence-electron chi connectivity index (χ3n) is 3.37. The van der Waals surface area contributed by atoms with E-state index in [0.29, 0.717) is 19.4 Å². The molecule has 4 nitrogen and oxygen atoms in total. The van der Waals surface area contributed by atoms with Gasteiger partial charge in [0.2, 0.25) is 6.79 Å². The molecule has 1 aromatic carbocycles. The Bertz CT molecular complexity index is 490. The van der Waals surface area contributed by atoms with Gasteiger partial charge >= 0.3 is 0 Å². The summed E-state index contributed by atoms with van der Waals surface area (Å²) in [6, 6.07) is 6.59. The summed E-state index contributed by atoms with van der Waals surface area (Å²) in [4.78, 5) is 4.65. The second kappa shape index (κ2) is 5.74. The van der Waals surface area contributed by atoms with E-state index < -0.39 is 0 Å². The molecule has 19 heavy (non-hydrogen) atoms. The van der Waals surface area contributed by atoms with Crippen LogP contribution < -0.4 is 14.8 Å². The van der Waals surface area contributed by atoms with Gasteiger partial charge in [0.15, 0.2) is 16.7 Å². The molecule has 0 amide bonds. The third-order valence-corrected chi connectivity index (χ3v) is 4.33. The molecular weight excluding hydrogens is 260 g/mol. The number of benzene rings is 1. The van der Waals surface area contributed by atoms with Crippen LogP contribution in [0.25, 0.3) is 0 Å². The SMILES string of the molecule is CCC1CCSC(=NCc2ccc3c(c2)OCO3)N1. The highest BCUT2D eigenvalue weighted by Crippen LogP contribution is 2.32. The molecule has 2 aliphatic heterocycles. The van der Waals surface area contributed by atoms with Gasteiger partial charge in [0.25, 0.3) is 0 Å². The number of aliphatic imine (C=N–C) groups is 1. The summed E-state index contributed by atoms with van der Waals surface area (Å²) in [5.74, 6) is 2.81. The van der Waals surface area contributed by atoms with Crippen molar-refractivity contribution in [2.75, 3.05) is 12.5 Å². The molecule has 0 aromatic heterocycles. The zero-order valence-electron chi connectivity index (χ0n) is 11.0. The van der Waals surface area contributed by atoms with Crippen molar-refractivity contribution in [3.8, 4) is 11.5 Å². The number of hydrogen-bond acceptors (Lipinski definition) is 4. The van der Waals surface area contributed by atoms with Crippen molar-refractivity contribution < 1.29 is 9.47 Å². The summed E-state index contributed by atoms with van der Waals surface area (Å²) in [5, 5.41) is 4.55. The molecule has 5 heteroatoms. The van der Waals surface area contributed by atoms with Gasteiger partial charge in [0, 0.05) is 11.8 Å². The minimum Gasteiger partial charge on any atom is -0.454 e. The fourth-order valence-corrected chi connectivity index (χ4v) is 3.19. The van der Waals surface area contributed by atoms with E-state index in [1.54, 1.807) is 0 Å². The Morgan fingerprint density at radius 3 is 3.16 bits per heavy atom. The molecule has 1 N–H and O–H groups in total. The lowest BCUT2D eigenvalue weighted by atomic mass is 10.2. The summed E-state index contributed by atoms with van der Waals surface area (Å²) in [6.07, 6.45) is 2.38. The predicted molar refractivity (Wildman–Crippen MR) is 78.0 cm³/mol. The zero-order chi connectivity index (χ0) is 13.1. The quantitative estimate of drug-likeness (QED) is 0.923. The molecule has 1 unspecified atom stereocenters. The van der Waals surface area contributed by atoms with Gasteiger partial charge in [-0.15, -0.1) is 0 Å². The number of amidine groups is 1. The molecule has 3 rings (SSSR count). The maximum Gasteiger partial charge on any atom is 0.231 e. The van der Waals surface area contributed by atoms with Crippen molar-refractivity contribution in [1.82, 2.24) is 5.32 Å². The van der Waals surface area contributed by atoms with Crippen molar-refractivity contribution in [2.45, 2.75) is 32.4 Å². The van der Waals surface area contributed by atoms with Crippen LogP contribution in [-0.4, -0.2) is 23.8 Å². The molecule has 0 bridgehead atoms. The maximum absolute atomic E-state index is 5.37. The van der Waals surface area contributed by atoms with Gasteiger partial charge in [-0.05, 0) is 30.5 Å². The van der Waals surface area contributed by atoms with Gasteiger partial charge < -0.3 is 14.8 Å². The standard InChI is InChI=1S/C14H18N2O2S/c1-2-11-5-6-19-14(16-11)15-8-10-3-4-12-13(7-10)18-9-17-12/h3-4,7,11H,2,5-6,8-9H2,1H3,(H,15,16). The van der Waals surface area contributed by atoms with E-state index in [2.05, 4.69) is 17.2 Å². The van der Waals surface area contributed by atoms with Crippen LogP contribution in [-0.2, 0) is 6.54 Å². The van der Waals surface area contributed by atoms with Gasteiger partial charge in [-0.2, -0.15) is 0 Å². The van der Waals surface area contributed by atoms with Gasteiger partial charge in [-0.3, -0.25) is 4.99 Å². The average molecular weight is 278 g/mol. The molecule has 0 saturated carbocycles. The highest BCUT2D eigenvalue weighted by Gasteiger charge is 2.16. The molecule has 1 aromatic rings. The molecule has 0 radical (unpaired) electrons. The summed E-state index contributed by atoms with van der Waals surface area (Å²) < 4.78 is 10.7. The van der Waals surface area contributed by atoms with Crippen molar-refractivity contribution in [2.24, 2.45) is 4.99 Å². The van der Waals surface area contributed by atoms with Gasteiger partial charge in [0.05, 0.1) is 6.54 Å². The minimum atomic E-state index is 0.322. The number of fused-ring (bicyclic) bond motifs is 1. The molecule has 102 valence electrons. The van der Waals surface area contributed by atoms with E-state index in [9.17, 15) is 0 Å². The highest BCUT2D eigenvalue weighted by molar-refractivity contribution is 8.13. The van der Waals surface area contributed by atoms with E-state index in [4.69, 9.17) is 9.47 Å². The van der Waals surface area contributed by atoms with Crippen LogP contribution in [0.2, 0.25) is 0 Å². The van der Waals surface area contributed by atoms with Gasteiger partial charge in [-0.1, -0.05) is 24.8 Å². The molecular formula is C14H18N2O2S. The van der Waals surface area contributed by atoms with Crippen LogP contribution in [0.4, 0.5) is 0 Å². The molecule has 0 aliphatic carbocycles. The van der Waals surface area contributed by atoms with E-state index in [1.165, 1.54) is 6.42 Å². The van der Waals surface area contributed by atoms with Crippen LogP contribution in [0.15, 0.2) is 23.2 Å². The Labute approximate surface area is 117 Å². The Hall–Kier alpha value is -1.36. The smallest absolute Gasteiger partial charge is 0.231 e. The second-order valence-corrected chi connectivity index (χ2v) is 5.78. The first-order valence-corrected chi connectivity index (χ1v) is 7.66. The summed E-state index contributed by atoms with van der Waals surface area (Å²) in [7, 11) is 0. The fourth-order valence-electron chi connectivity index (χ4n) is 2.19. The Morgan fingerprint density at radius 1 is 1.37 bits per heavy atom. The summed E-state index contributed by atoms with van der Waals surface area (Å²) in [6.45, 7) is 3.22. The lowest BCUT2D eigenvalue weighted by Crippen LogP contribution is -2.37. The number of hydrogen-bond donors (Lipinski definition) is 1. The lowest BCUT2D eigenvalue weighted by molar-refractivity contribution is 0.174. The molecule has 0 spiro atoms. The molecule has 1 saturated heterocycles. The Kier molecular flexibility index (Phi) is 3.82. The summed E-state index contributed by atoms with van der Waals surface area (Å²) in [5.41, 5.74) is 1.15. The first-order chi connectivity index (χ1) is 9.35. The van der Waals surface area contributed by atoms with Crippen LogP contribution in [0.1, 0.15) is 25.3 Å². The van der Waals surface area contributed by atoms with Crippen molar-refractivity contribution in [1.29, 1.82) is 0 Å². The van der Waals surface area contributed by atoms with Gasteiger partial charge in [-0.25, -0.2) is 0 Å². The second-order valence-electron chi connectivity index (χ2n) is 4.70. The number of rotatable bonds is 3. The van der Waals surface area contributed by atoms with E-state index in [0.717, 1.165) is 34.4 Å². The monoisotopic (exact) mass is 278 g/mol. The van der Waals surface area contributed by atoms with E-state index in [1.807, 2.05) is 30.0 Å². The number of ether oxygens (including phenoxy) is 2. The van der Waals surface area contributed by atoms with Gasteiger partial charge in [0.1, 0.15) is 0 Å².